The smallest absolute Gasteiger partial charge is 0.193 e. The summed E-state index contributed by atoms with van der Waals surface area (Å²) in [6, 6.07) is 9.69. The molecule has 0 radical (unpaired) electrons. The van der Waals surface area contributed by atoms with Crippen LogP contribution in [-0.2, 0) is 10.8 Å². The molecule has 6 heteroatoms. The third kappa shape index (κ3) is 5.00. The minimum Gasteiger partial charge on any atom is -0.355 e. The number of aliphatic imine (C=N–C) groups is 1. The van der Waals surface area contributed by atoms with E-state index >= 15 is 0 Å². The number of thioether (sulfide) groups is 1. The fourth-order valence-electron chi connectivity index (χ4n) is 3.80. The molecule has 0 bridgehead atoms. The van der Waals surface area contributed by atoms with E-state index in [9.17, 15) is 4.21 Å². The molecule has 1 atom stereocenters. The fraction of sp³-hybridized carbons (Fsp3) is 0.632. The SMILES string of the molecule is CN=C(NCCS(=O)c1ccccc1)N1CCSC2(CCCCC2)C1. The van der Waals surface area contributed by atoms with Crippen LogP contribution in [0.2, 0.25) is 0 Å². The lowest BCUT2D eigenvalue weighted by Crippen LogP contribution is -2.53. The summed E-state index contributed by atoms with van der Waals surface area (Å²) in [5.41, 5.74) is 0. The number of benzene rings is 1. The quantitative estimate of drug-likeness (QED) is 0.645. The molecule has 4 nitrogen and oxygen atoms in total. The fourth-order valence-corrected chi connectivity index (χ4v) is 6.36. The second-order valence-corrected chi connectivity index (χ2v) is 9.98. The first-order chi connectivity index (χ1) is 12.2. The molecule has 25 heavy (non-hydrogen) atoms. The molecule has 138 valence electrons. The lowest BCUT2D eigenvalue weighted by Gasteiger charge is -2.45. The van der Waals surface area contributed by atoms with Gasteiger partial charge in [-0.1, -0.05) is 37.5 Å². The molecule has 0 aromatic heterocycles. The predicted molar refractivity (Wildman–Crippen MR) is 109 cm³/mol. The van der Waals surface area contributed by atoms with E-state index in [0.29, 0.717) is 17.0 Å². The molecule has 2 fully saturated rings. The highest BCUT2D eigenvalue weighted by Crippen LogP contribution is 2.42. The van der Waals surface area contributed by atoms with Crippen molar-refractivity contribution in [2.45, 2.75) is 41.7 Å². The van der Waals surface area contributed by atoms with Gasteiger partial charge in [-0.3, -0.25) is 9.20 Å². The van der Waals surface area contributed by atoms with Crippen LogP contribution >= 0.6 is 11.8 Å². The normalized spacial score (nSPS) is 22.0. The van der Waals surface area contributed by atoms with Crippen molar-refractivity contribution in [3.63, 3.8) is 0 Å². The first-order valence-electron chi connectivity index (χ1n) is 9.25. The zero-order valence-electron chi connectivity index (χ0n) is 15.1. The zero-order chi connectivity index (χ0) is 17.5. The lowest BCUT2D eigenvalue weighted by atomic mass is 9.87. The van der Waals surface area contributed by atoms with Crippen molar-refractivity contribution in [3.05, 3.63) is 30.3 Å². The van der Waals surface area contributed by atoms with Gasteiger partial charge in [-0.15, -0.1) is 0 Å². The lowest BCUT2D eigenvalue weighted by molar-refractivity contribution is 0.293. The minimum atomic E-state index is -0.958. The van der Waals surface area contributed by atoms with Gasteiger partial charge in [0.05, 0.1) is 10.8 Å². The summed E-state index contributed by atoms with van der Waals surface area (Å²) >= 11 is 2.17. The van der Waals surface area contributed by atoms with Crippen LogP contribution in [0.15, 0.2) is 40.2 Å². The van der Waals surface area contributed by atoms with E-state index in [4.69, 9.17) is 0 Å². The molecular formula is C19H29N3OS2. The van der Waals surface area contributed by atoms with Crippen molar-refractivity contribution in [3.8, 4) is 0 Å². The Morgan fingerprint density at radius 3 is 2.76 bits per heavy atom. The van der Waals surface area contributed by atoms with Crippen LogP contribution in [-0.4, -0.2) is 58.0 Å². The standard InChI is InChI=1S/C19H29N3OS2/c1-20-18(21-12-15-25(23)17-8-4-2-5-9-17)22-13-14-24-19(16-22)10-6-3-7-11-19/h2,4-5,8-9H,3,6-7,10-16H2,1H3,(H,20,21). The molecule has 1 aromatic rings. The summed E-state index contributed by atoms with van der Waals surface area (Å²) < 4.78 is 12.8. The average molecular weight is 380 g/mol. The molecular weight excluding hydrogens is 350 g/mol. The third-order valence-electron chi connectivity index (χ3n) is 5.10. The van der Waals surface area contributed by atoms with E-state index in [1.807, 2.05) is 37.4 Å². The van der Waals surface area contributed by atoms with Gasteiger partial charge in [-0.05, 0) is 25.0 Å². The molecule has 1 aliphatic heterocycles. The van der Waals surface area contributed by atoms with Crippen LogP contribution in [0, 0.1) is 0 Å². The van der Waals surface area contributed by atoms with Crippen molar-refractivity contribution in [1.82, 2.24) is 10.2 Å². The van der Waals surface area contributed by atoms with Gasteiger partial charge in [0.25, 0.3) is 0 Å². The van der Waals surface area contributed by atoms with Crippen LogP contribution in [0.1, 0.15) is 32.1 Å². The monoisotopic (exact) mass is 379 g/mol. The van der Waals surface area contributed by atoms with Gasteiger partial charge in [0.2, 0.25) is 0 Å². The van der Waals surface area contributed by atoms with Crippen molar-refractivity contribution >= 4 is 28.5 Å². The van der Waals surface area contributed by atoms with Crippen molar-refractivity contribution < 1.29 is 4.21 Å². The van der Waals surface area contributed by atoms with Crippen LogP contribution in [0.25, 0.3) is 0 Å². The second kappa shape index (κ2) is 9.08. The number of rotatable bonds is 4. The Labute approximate surface area is 158 Å². The number of guanidine groups is 1. The molecule has 1 aromatic carbocycles. The van der Waals surface area contributed by atoms with Crippen molar-refractivity contribution in [1.29, 1.82) is 0 Å². The average Bonchev–Trinajstić information content (AvgIpc) is 2.66. The first kappa shape index (κ1) is 18.8. The number of nitrogens with zero attached hydrogens (tertiary/aromatic N) is 2. The van der Waals surface area contributed by atoms with Crippen molar-refractivity contribution in [2.24, 2.45) is 4.99 Å². The Morgan fingerprint density at radius 1 is 1.28 bits per heavy atom. The maximum absolute atomic E-state index is 12.3. The van der Waals surface area contributed by atoms with Gasteiger partial charge in [0, 0.05) is 47.8 Å². The molecule has 1 heterocycles. The van der Waals surface area contributed by atoms with E-state index < -0.39 is 10.8 Å². The van der Waals surface area contributed by atoms with E-state index in [1.54, 1.807) is 0 Å². The van der Waals surface area contributed by atoms with Crippen molar-refractivity contribution in [2.75, 3.05) is 38.2 Å². The van der Waals surface area contributed by atoms with E-state index in [0.717, 1.165) is 23.9 Å². The number of nitrogens with one attached hydrogen (secondary N) is 1. The molecule has 1 saturated heterocycles. The molecule has 3 rings (SSSR count). The summed E-state index contributed by atoms with van der Waals surface area (Å²) in [6.45, 7) is 2.83. The minimum absolute atomic E-state index is 0.432. The molecule has 1 unspecified atom stereocenters. The molecule has 1 saturated carbocycles. The predicted octanol–water partition coefficient (Wildman–Crippen LogP) is 3.12. The number of hydrogen-bond donors (Lipinski definition) is 1. The van der Waals surface area contributed by atoms with Gasteiger partial charge < -0.3 is 10.2 Å². The molecule has 2 aliphatic rings. The first-order valence-corrected chi connectivity index (χ1v) is 11.6. The molecule has 1 spiro atoms. The Kier molecular flexibility index (Phi) is 6.82. The van der Waals surface area contributed by atoms with E-state index in [-0.39, 0.29) is 0 Å². The van der Waals surface area contributed by atoms with E-state index in [2.05, 4.69) is 27.0 Å². The summed E-state index contributed by atoms with van der Waals surface area (Å²) in [4.78, 5) is 7.79. The van der Waals surface area contributed by atoms with Gasteiger partial charge in [-0.2, -0.15) is 11.8 Å². The van der Waals surface area contributed by atoms with Crippen LogP contribution in [0.4, 0.5) is 0 Å². The van der Waals surface area contributed by atoms with Gasteiger partial charge in [0.15, 0.2) is 5.96 Å². The van der Waals surface area contributed by atoms with Crippen LogP contribution < -0.4 is 5.32 Å². The zero-order valence-corrected chi connectivity index (χ0v) is 16.7. The highest BCUT2D eigenvalue weighted by Gasteiger charge is 2.38. The maximum atomic E-state index is 12.3. The van der Waals surface area contributed by atoms with Gasteiger partial charge >= 0.3 is 0 Å². The summed E-state index contributed by atoms with van der Waals surface area (Å²) in [7, 11) is 0.895. The topological polar surface area (TPSA) is 44.7 Å². The summed E-state index contributed by atoms with van der Waals surface area (Å²) in [5, 5.41) is 3.44. The van der Waals surface area contributed by atoms with Gasteiger partial charge in [0.1, 0.15) is 0 Å². The molecule has 0 amide bonds. The van der Waals surface area contributed by atoms with Crippen LogP contribution in [0.5, 0.6) is 0 Å². The maximum Gasteiger partial charge on any atom is 0.193 e. The Bertz CT molecular complexity index is 594. The Balaban J connectivity index is 1.51. The number of hydrogen-bond acceptors (Lipinski definition) is 3. The summed E-state index contributed by atoms with van der Waals surface area (Å²) in [6.07, 6.45) is 6.79. The van der Waals surface area contributed by atoms with E-state index in [1.165, 1.54) is 37.9 Å². The Morgan fingerprint density at radius 2 is 2.04 bits per heavy atom. The molecule has 1 aliphatic carbocycles. The van der Waals surface area contributed by atoms with Crippen LogP contribution in [0.3, 0.4) is 0 Å². The Hall–Kier alpha value is -1.01. The highest BCUT2D eigenvalue weighted by atomic mass is 32.2. The highest BCUT2D eigenvalue weighted by molar-refractivity contribution is 8.00. The largest absolute Gasteiger partial charge is 0.355 e. The van der Waals surface area contributed by atoms with Gasteiger partial charge in [-0.25, -0.2) is 0 Å². The third-order valence-corrected chi connectivity index (χ3v) is 8.01. The second-order valence-electron chi connectivity index (χ2n) is 6.85. The summed E-state index contributed by atoms with van der Waals surface area (Å²) in [5.74, 6) is 2.75. The molecule has 1 N–H and O–H groups in total.